The lowest BCUT2D eigenvalue weighted by atomic mass is 10.2. The van der Waals surface area contributed by atoms with E-state index in [-0.39, 0.29) is 0 Å². The molecule has 0 aliphatic heterocycles. The second-order valence-electron chi connectivity index (χ2n) is 2.87. The second-order valence-corrected chi connectivity index (χ2v) is 2.87. The van der Waals surface area contributed by atoms with E-state index in [9.17, 15) is 0 Å². The van der Waals surface area contributed by atoms with Gasteiger partial charge < -0.3 is 9.47 Å². The van der Waals surface area contributed by atoms with Gasteiger partial charge in [0.15, 0.2) is 0 Å². The summed E-state index contributed by atoms with van der Waals surface area (Å²) in [5, 5.41) is 0. The van der Waals surface area contributed by atoms with Gasteiger partial charge in [-0.1, -0.05) is 13.8 Å². The van der Waals surface area contributed by atoms with Crippen LogP contribution in [0.3, 0.4) is 0 Å². The van der Waals surface area contributed by atoms with Crippen LogP contribution in [0, 0.1) is 12.8 Å². The van der Waals surface area contributed by atoms with Gasteiger partial charge in [-0.05, 0) is 19.3 Å². The van der Waals surface area contributed by atoms with E-state index in [1.165, 1.54) is 0 Å². The summed E-state index contributed by atoms with van der Waals surface area (Å²) in [5.74, 6) is 0.601. The molecule has 0 rings (SSSR count). The van der Waals surface area contributed by atoms with Crippen LogP contribution in [0.4, 0.5) is 0 Å². The largest absolute Gasteiger partial charge is 0.379 e. The molecular weight excluding hydrogens is 140 g/mol. The quantitative estimate of drug-likeness (QED) is 0.526. The Bertz CT molecular complexity index is 72.0. The predicted octanol–water partition coefficient (Wildman–Crippen LogP) is 1.78. The molecule has 0 saturated carbocycles. The monoisotopic (exact) mass is 158 g/mol. The molecule has 0 N–H and O–H groups in total. The van der Waals surface area contributed by atoms with Crippen LogP contribution in [-0.4, -0.2) is 26.4 Å². The van der Waals surface area contributed by atoms with Crippen LogP contribution in [0.15, 0.2) is 0 Å². The Balaban J connectivity index is 2.80. The van der Waals surface area contributed by atoms with Gasteiger partial charge in [0.2, 0.25) is 0 Å². The van der Waals surface area contributed by atoms with Crippen molar-refractivity contribution in [2.75, 3.05) is 26.4 Å². The molecule has 0 unspecified atom stereocenters. The first kappa shape index (κ1) is 10.9. The first-order valence-corrected chi connectivity index (χ1v) is 4.13. The van der Waals surface area contributed by atoms with E-state index < -0.39 is 0 Å². The molecule has 0 atom stereocenters. The van der Waals surface area contributed by atoms with Crippen LogP contribution in [0.5, 0.6) is 0 Å². The highest BCUT2D eigenvalue weighted by atomic mass is 16.5. The smallest absolute Gasteiger partial charge is 0.0700 e. The van der Waals surface area contributed by atoms with Gasteiger partial charge in [0, 0.05) is 13.2 Å². The van der Waals surface area contributed by atoms with Crippen LogP contribution in [0.2, 0.25) is 0 Å². The van der Waals surface area contributed by atoms with Gasteiger partial charge in [-0.2, -0.15) is 0 Å². The van der Waals surface area contributed by atoms with Gasteiger partial charge in [0.05, 0.1) is 13.2 Å². The lowest BCUT2D eigenvalue weighted by molar-refractivity contribution is 0.0391. The fraction of sp³-hybridized carbons (Fsp3) is 0.889. The highest BCUT2D eigenvalue weighted by Gasteiger charge is 1.92. The first-order valence-electron chi connectivity index (χ1n) is 4.13. The van der Waals surface area contributed by atoms with Crippen molar-refractivity contribution in [2.24, 2.45) is 5.92 Å². The molecule has 0 bridgehead atoms. The molecule has 0 aromatic carbocycles. The summed E-state index contributed by atoms with van der Waals surface area (Å²) in [6.45, 7) is 12.3. The van der Waals surface area contributed by atoms with Gasteiger partial charge in [-0.3, -0.25) is 0 Å². The SMILES string of the molecule is [CH]CCOCCOCC(C)C. The minimum atomic E-state index is 0.587. The summed E-state index contributed by atoms with van der Waals surface area (Å²) < 4.78 is 10.4. The van der Waals surface area contributed by atoms with Crippen molar-refractivity contribution >= 4 is 0 Å². The molecular formula is C9H18O2. The summed E-state index contributed by atoms with van der Waals surface area (Å²) in [6, 6.07) is 0. The minimum Gasteiger partial charge on any atom is -0.379 e. The fourth-order valence-corrected chi connectivity index (χ4v) is 0.622. The maximum absolute atomic E-state index is 5.28. The zero-order valence-electron chi connectivity index (χ0n) is 7.51. The van der Waals surface area contributed by atoms with E-state index in [0.29, 0.717) is 32.2 Å². The van der Waals surface area contributed by atoms with E-state index in [1.54, 1.807) is 0 Å². The van der Waals surface area contributed by atoms with Crippen LogP contribution >= 0.6 is 0 Å². The maximum Gasteiger partial charge on any atom is 0.0700 e. The van der Waals surface area contributed by atoms with Gasteiger partial charge in [0.1, 0.15) is 0 Å². The topological polar surface area (TPSA) is 18.5 Å². The normalized spacial score (nSPS) is 10.9. The number of hydrogen-bond acceptors (Lipinski definition) is 2. The summed E-state index contributed by atoms with van der Waals surface area (Å²) in [5.41, 5.74) is 0. The number of rotatable bonds is 7. The van der Waals surface area contributed by atoms with Crippen LogP contribution < -0.4 is 0 Å². The van der Waals surface area contributed by atoms with Crippen molar-refractivity contribution < 1.29 is 9.47 Å². The summed E-state index contributed by atoms with van der Waals surface area (Å²) in [4.78, 5) is 0. The molecule has 0 aromatic rings. The molecule has 11 heavy (non-hydrogen) atoms. The third-order valence-corrected chi connectivity index (χ3v) is 1.09. The van der Waals surface area contributed by atoms with Crippen molar-refractivity contribution in [1.82, 2.24) is 0 Å². The average molecular weight is 158 g/mol. The zero-order valence-corrected chi connectivity index (χ0v) is 7.51. The van der Waals surface area contributed by atoms with E-state index in [2.05, 4.69) is 13.8 Å². The van der Waals surface area contributed by atoms with Crippen LogP contribution in [0.25, 0.3) is 0 Å². The van der Waals surface area contributed by atoms with Crippen molar-refractivity contribution in [1.29, 1.82) is 0 Å². The van der Waals surface area contributed by atoms with Crippen LogP contribution in [0.1, 0.15) is 20.3 Å². The minimum absolute atomic E-state index is 0.587. The first-order chi connectivity index (χ1) is 5.27. The second kappa shape index (κ2) is 8.02. The van der Waals surface area contributed by atoms with E-state index in [0.717, 1.165) is 6.61 Å². The summed E-state index contributed by atoms with van der Waals surface area (Å²) in [6.07, 6.45) is 0.587. The summed E-state index contributed by atoms with van der Waals surface area (Å²) in [7, 11) is 0. The van der Waals surface area contributed by atoms with Gasteiger partial charge in [-0.15, -0.1) is 0 Å². The average Bonchev–Trinajstić information content (AvgIpc) is 1.96. The Morgan fingerprint density at radius 2 is 1.73 bits per heavy atom. The van der Waals surface area contributed by atoms with Crippen molar-refractivity contribution in [2.45, 2.75) is 20.3 Å². The third-order valence-electron chi connectivity index (χ3n) is 1.09. The number of ether oxygens (including phenoxy) is 2. The molecule has 0 fully saturated rings. The molecule has 2 nitrogen and oxygen atoms in total. The molecule has 0 aliphatic rings. The molecule has 66 valence electrons. The zero-order chi connectivity index (χ0) is 8.53. The molecule has 0 aliphatic carbocycles. The van der Waals surface area contributed by atoms with Crippen LogP contribution in [-0.2, 0) is 9.47 Å². The Labute approximate surface area is 69.9 Å². The highest BCUT2D eigenvalue weighted by molar-refractivity contribution is 4.40. The molecule has 0 saturated heterocycles. The molecule has 0 spiro atoms. The maximum atomic E-state index is 5.28. The van der Waals surface area contributed by atoms with Gasteiger partial charge in [-0.25, -0.2) is 0 Å². The van der Waals surface area contributed by atoms with Crippen molar-refractivity contribution in [3.63, 3.8) is 0 Å². The van der Waals surface area contributed by atoms with E-state index in [1.807, 2.05) is 0 Å². The van der Waals surface area contributed by atoms with Crippen molar-refractivity contribution in [3.8, 4) is 0 Å². The Morgan fingerprint density at radius 3 is 2.27 bits per heavy atom. The molecule has 2 heteroatoms. The van der Waals surface area contributed by atoms with E-state index >= 15 is 0 Å². The van der Waals surface area contributed by atoms with Gasteiger partial charge in [0.25, 0.3) is 0 Å². The van der Waals surface area contributed by atoms with Gasteiger partial charge >= 0.3 is 0 Å². The third kappa shape index (κ3) is 9.92. The molecule has 2 radical (unpaired) electrons. The standard InChI is InChI=1S/C9H18O2/c1-4-5-10-6-7-11-8-9(2)3/h1,9H,4-8H2,2-3H3. The lowest BCUT2D eigenvalue weighted by Gasteiger charge is -2.06. The molecule has 0 heterocycles. The fourth-order valence-electron chi connectivity index (χ4n) is 0.622. The number of hydrogen-bond donors (Lipinski definition) is 0. The predicted molar refractivity (Wildman–Crippen MR) is 45.4 cm³/mol. The highest BCUT2D eigenvalue weighted by Crippen LogP contribution is 1.91. The Hall–Kier alpha value is -0.0800. The molecule has 0 aromatic heterocycles. The Kier molecular flexibility index (Phi) is 7.96. The lowest BCUT2D eigenvalue weighted by Crippen LogP contribution is -2.08. The summed E-state index contributed by atoms with van der Waals surface area (Å²) >= 11 is 0. The Morgan fingerprint density at radius 1 is 1.09 bits per heavy atom. The van der Waals surface area contributed by atoms with Crippen molar-refractivity contribution in [3.05, 3.63) is 6.92 Å². The molecule has 0 amide bonds. The van der Waals surface area contributed by atoms with E-state index in [4.69, 9.17) is 16.4 Å².